The average Bonchev–Trinajstić information content (AvgIpc) is 2.50. The molecular formula is C18H14Cl2O. The molecule has 0 aliphatic carbocycles. The van der Waals surface area contributed by atoms with Crippen LogP contribution in [-0.4, -0.2) is 6.29 Å². The van der Waals surface area contributed by atoms with Crippen LogP contribution < -0.4 is 0 Å². The molecule has 0 aromatic heterocycles. The van der Waals surface area contributed by atoms with E-state index in [0.29, 0.717) is 15.6 Å². The maximum Gasteiger partial charge on any atom is 0.146 e. The Morgan fingerprint density at radius 3 is 2.24 bits per heavy atom. The summed E-state index contributed by atoms with van der Waals surface area (Å²) in [6.45, 7) is 3.81. The fourth-order valence-electron chi connectivity index (χ4n) is 2.04. The predicted octanol–water partition coefficient (Wildman–Crippen LogP) is 5.55. The summed E-state index contributed by atoms with van der Waals surface area (Å²) in [6.07, 6.45) is 4.52. The van der Waals surface area contributed by atoms with E-state index >= 15 is 0 Å². The lowest BCUT2D eigenvalue weighted by Gasteiger charge is -2.14. The highest BCUT2D eigenvalue weighted by Gasteiger charge is 2.14. The highest BCUT2D eigenvalue weighted by atomic mass is 35.5. The summed E-state index contributed by atoms with van der Waals surface area (Å²) in [4.78, 5) is 11.1. The summed E-state index contributed by atoms with van der Waals surface area (Å²) < 4.78 is 0. The fourth-order valence-corrected chi connectivity index (χ4v) is 2.49. The van der Waals surface area contributed by atoms with Crippen molar-refractivity contribution in [2.24, 2.45) is 0 Å². The second-order valence-electron chi connectivity index (χ2n) is 4.57. The van der Waals surface area contributed by atoms with Gasteiger partial charge in [-0.25, -0.2) is 0 Å². The molecule has 2 aromatic rings. The first kappa shape index (κ1) is 15.6. The van der Waals surface area contributed by atoms with Gasteiger partial charge in [0.1, 0.15) is 6.29 Å². The molecule has 0 saturated heterocycles. The van der Waals surface area contributed by atoms with E-state index in [9.17, 15) is 4.79 Å². The molecule has 0 N–H and O–H groups in total. The number of rotatable bonds is 5. The highest BCUT2D eigenvalue weighted by Crippen LogP contribution is 2.31. The van der Waals surface area contributed by atoms with Gasteiger partial charge in [0.25, 0.3) is 0 Å². The molecule has 1 unspecified atom stereocenters. The molecule has 2 rings (SSSR count). The first-order chi connectivity index (χ1) is 10.1. The molecular weight excluding hydrogens is 303 g/mol. The number of benzene rings is 2. The summed E-state index contributed by atoms with van der Waals surface area (Å²) in [5.41, 5.74) is 2.18. The van der Waals surface area contributed by atoms with Crippen molar-refractivity contribution < 1.29 is 4.79 Å². The van der Waals surface area contributed by atoms with Crippen LogP contribution in [0.1, 0.15) is 17.0 Å². The van der Waals surface area contributed by atoms with Gasteiger partial charge in [0.05, 0.1) is 0 Å². The first-order valence-electron chi connectivity index (χ1n) is 6.44. The summed E-state index contributed by atoms with van der Waals surface area (Å²) >= 11 is 12.3. The van der Waals surface area contributed by atoms with E-state index < -0.39 is 0 Å². The summed E-state index contributed by atoms with van der Waals surface area (Å²) in [5, 5.41) is 1.26. The average molecular weight is 317 g/mol. The molecule has 0 bridgehead atoms. The van der Waals surface area contributed by atoms with E-state index in [1.807, 2.05) is 54.6 Å². The van der Waals surface area contributed by atoms with Crippen molar-refractivity contribution in [1.82, 2.24) is 0 Å². The summed E-state index contributed by atoms with van der Waals surface area (Å²) in [6, 6.07) is 14.9. The fraction of sp³-hybridized carbons (Fsp3) is 0.0556. The van der Waals surface area contributed by atoms with Gasteiger partial charge in [0, 0.05) is 16.0 Å². The van der Waals surface area contributed by atoms with Gasteiger partial charge in [0.2, 0.25) is 0 Å². The molecule has 0 spiro atoms. The quantitative estimate of drug-likeness (QED) is 0.522. The standard InChI is InChI=1S/C18H14Cl2O/c1-13(12-21)15(16-7-3-5-9-18(16)20)11-10-14-6-2-4-8-17(14)19/h2-12,15H,1H2/b11-10+. The Hall–Kier alpha value is -1.83. The minimum atomic E-state index is -0.271. The zero-order valence-electron chi connectivity index (χ0n) is 11.3. The van der Waals surface area contributed by atoms with Crippen LogP contribution in [0.4, 0.5) is 0 Å². The second-order valence-corrected chi connectivity index (χ2v) is 5.39. The predicted molar refractivity (Wildman–Crippen MR) is 89.9 cm³/mol. The molecule has 3 heteroatoms. The molecule has 0 fully saturated rings. The van der Waals surface area contributed by atoms with Gasteiger partial charge in [-0.3, -0.25) is 4.79 Å². The molecule has 0 saturated carbocycles. The van der Waals surface area contributed by atoms with Gasteiger partial charge in [-0.2, -0.15) is 0 Å². The monoisotopic (exact) mass is 316 g/mol. The molecule has 0 amide bonds. The minimum Gasteiger partial charge on any atom is -0.298 e. The van der Waals surface area contributed by atoms with Crippen LogP contribution >= 0.6 is 23.2 Å². The van der Waals surface area contributed by atoms with Crippen LogP contribution in [0.2, 0.25) is 10.0 Å². The van der Waals surface area contributed by atoms with Crippen molar-refractivity contribution in [3.63, 3.8) is 0 Å². The molecule has 2 aromatic carbocycles. The Morgan fingerprint density at radius 1 is 1.00 bits per heavy atom. The first-order valence-corrected chi connectivity index (χ1v) is 7.20. The van der Waals surface area contributed by atoms with Gasteiger partial charge >= 0.3 is 0 Å². The van der Waals surface area contributed by atoms with Crippen LogP contribution in [-0.2, 0) is 4.79 Å². The Labute approximate surface area is 134 Å². The van der Waals surface area contributed by atoms with Gasteiger partial charge in [-0.15, -0.1) is 0 Å². The van der Waals surface area contributed by atoms with E-state index in [2.05, 4.69) is 6.58 Å². The Bertz CT molecular complexity index is 689. The van der Waals surface area contributed by atoms with Crippen molar-refractivity contribution in [1.29, 1.82) is 0 Å². The maximum absolute atomic E-state index is 11.1. The van der Waals surface area contributed by atoms with Gasteiger partial charge in [-0.1, -0.05) is 78.3 Å². The normalized spacial score (nSPS) is 12.3. The third-order valence-electron chi connectivity index (χ3n) is 3.16. The zero-order chi connectivity index (χ0) is 15.2. The lowest BCUT2D eigenvalue weighted by molar-refractivity contribution is -0.105. The molecule has 0 aliphatic heterocycles. The molecule has 1 atom stereocenters. The Balaban J connectivity index is 2.39. The summed E-state index contributed by atoms with van der Waals surface area (Å²) in [7, 11) is 0. The van der Waals surface area contributed by atoms with E-state index in [1.54, 1.807) is 6.07 Å². The number of allylic oxidation sites excluding steroid dienone is 2. The van der Waals surface area contributed by atoms with Crippen LogP contribution in [0.5, 0.6) is 0 Å². The van der Waals surface area contributed by atoms with Gasteiger partial charge in [-0.05, 0) is 28.8 Å². The Kier molecular flexibility index (Phi) is 5.38. The van der Waals surface area contributed by atoms with E-state index in [4.69, 9.17) is 23.2 Å². The third-order valence-corrected chi connectivity index (χ3v) is 3.85. The minimum absolute atomic E-state index is 0.271. The van der Waals surface area contributed by atoms with Crippen LogP contribution in [0.15, 0.2) is 66.8 Å². The van der Waals surface area contributed by atoms with E-state index in [-0.39, 0.29) is 5.92 Å². The molecule has 21 heavy (non-hydrogen) atoms. The highest BCUT2D eigenvalue weighted by molar-refractivity contribution is 6.32. The lowest BCUT2D eigenvalue weighted by atomic mass is 9.91. The number of hydrogen-bond acceptors (Lipinski definition) is 1. The SMILES string of the molecule is C=C(C=O)C(/C=C/c1ccccc1Cl)c1ccccc1Cl. The smallest absolute Gasteiger partial charge is 0.146 e. The number of halogens is 2. The third kappa shape index (κ3) is 3.84. The van der Waals surface area contributed by atoms with Crippen molar-refractivity contribution >= 4 is 35.6 Å². The van der Waals surface area contributed by atoms with Crippen molar-refractivity contribution in [3.8, 4) is 0 Å². The zero-order valence-corrected chi connectivity index (χ0v) is 12.8. The molecule has 1 nitrogen and oxygen atoms in total. The topological polar surface area (TPSA) is 17.1 Å². The van der Waals surface area contributed by atoms with Gasteiger partial charge < -0.3 is 0 Å². The maximum atomic E-state index is 11.1. The molecule has 0 aliphatic rings. The van der Waals surface area contributed by atoms with Crippen molar-refractivity contribution in [2.45, 2.75) is 5.92 Å². The largest absolute Gasteiger partial charge is 0.298 e. The van der Waals surface area contributed by atoms with E-state index in [0.717, 1.165) is 17.4 Å². The van der Waals surface area contributed by atoms with Crippen molar-refractivity contribution in [3.05, 3.63) is 87.9 Å². The van der Waals surface area contributed by atoms with Crippen LogP contribution in [0.25, 0.3) is 6.08 Å². The molecule has 0 heterocycles. The van der Waals surface area contributed by atoms with Gasteiger partial charge in [0.15, 0.2) is 0 Å². The van der Waals surface area contributed by atoms with Crippen LogP contribution in [0, 0.1) is 0 Å². The molecule has 0 radical (unpaired) electrons. The number of carbonyl (C=O) groups is 1. The second kappa shape index (κ2) is 7.26. The lowest BCUT2D eigenvalue weighted by Crippen LogP contribution is -2.00. The number of carbonyl (C=O) groups excluding carboxylic acids is 1. The van der Waals surface area contributed by atoms with Crippen LogP contribution in [0.3, 0.4) is 0 Å². The summed E-state index contributed by atoms with van der Waals surface area (Å²) in [5.74, 6) is -0.271. The van der Waals surface area contributed by atoms with Crippen molar-refractivity contribution in [2.75, 3.05) is 0 Å². The Morgan fingerprint density at radius 2 is 1.62 bits per heavy atom. The number of aldehydes is 1. The van der Waals surface area contributed by atoms with E-state index in [1.165, 1.54) is 0 Å². The molecule has 106 valence electrons. The number of hydrogen-bond donors (Lipinski definition) is 0.